The Morgan fingerprint density at radius 2 is 1.88 bits per heavy atom. The highest BCUT2D eigenvalue weighted by Gasteiger charge is 2.19. The lowest BCUT2D eigenvalue weighted by Crippen LogP contribution is -2.44. The number of carbonyl (C=O) groups is 1. The monoisotopic (exact) mass is 362 g/mol. The zero-order chi connectivity index (χ0) is 18.8. The van der Waals surface area contributed by atoms with E-state index in [9.17, 15) is 14.4 Å². The molecule has 1 aliphatic rings. The van der Waals surface area contributed by atoms with E-state index < -0.39 is 0 Å². The molecule has 9 heteroatoms. The Morgan fingerprint density at radius 3 is 2.54 bits per heavy atom. The first-order valence-electron chi connectivity index (χ1n) is 8.98. The molecule has 9 nitrogen and oxygen atoms in total. The molecule has 0 atom stereocenters. The second kappa shape index (κ2) is 7.45. The van der Waals surface area contributed by atoms with Crippen LogP contribution >= 0.6 is 0 Å². The van der Waals surface area contributed by atoms with Crippen LogP contribution in [0.15, 0.2) is 15.9 Å². The molecule has 2 aromatic rings. The maximum atomic E-state index is 12.4. The van der Waals surface area contributed by atoms with Crippen molar-refractivity contribution in [2.75, 3.05) is 19.6 Å². The average Bonchev–Trinajstić information content (AvgIpc) is 3.03. The lowest BCUT2D eigenvalue weighted by molar-refractivity contribution is -0.119. The minimum atomic E-state index is -0.366. The number of aryl methyl sites for hydroxylation is 2. The van der Waals surface area contributed by atoms with Crippen LogP contribution in [0.3, 0.4) is 0 Å². The Kier molecular flexibility index (Phi) is 5.26. The van der Waals surface area contributed by atoms with E-state index in [-0.39, 0.29) is 23.2 Å². The third-order valence-electron chi connectivity index (χ3n) is 5.09. The molecule has 2 aromatic heterocycles. The number of carbonyl (C=O) groups excluding carboxylic acids is 1. The standard InChI is InChI=1S/C17H26N6O3/c1-12(24)19-13-5-9-22(10-6-13)7-4-8-23-11-18-15-14(23)16(25)21(3)17(26)20(15)2/h11,13H,4-10H2,1-3H3,(H,19,24). The largest absolute Gasteiger partial charge is 0.354 e. The SMILES string of the molecule is CC(=O)NC1CCN(CCCn2cnc3c2c(=O)n(C)c(=O)n3C)CC1. The zero-order valence-corrected chi connectivity index (χ0v) is 15.6. The van der Waals surface area contributed by atoms with Crippen molar-refractivity contribution in [2.24, 2.45) is 14.1 Å². The molecule has 0 aromatic carbocycles. The highest BCUT2D eigenvalue weighted by molar-refractivity contribution is 5.73. The Hall–Kier alpha value is -2.42. The second-order valence-electron chi connectivity index (χ2n) is 6.99. The number of amides is 1. The number of imidazole rings is 1. The molecule has 1 aliphatic heterocycles. The normalized spacial score (nSPS) is 16.3. The molecule has 1 saturated heterocycles. The lowest BCUT2D eigenvalue weighted by atomic mass is 10.0. The van der Waals surface area contributed by atoms with Crippen molar-refractivity contribution in [3.05, 3.63) is 27.2 Å². The first-order chi connectivity index (χ1) is 12.4. The number of rotatable bonds is 5. The molecular weight excluding hydrogens is 336 g/mol. The van der Waals surface area contributed by atoms with Crippen LogP contribution in [0.5, 0.6) is 0 Å². The van der Waals surface area contributed by atoms with Crippen molar-refractivity contribution in [3.8, 4) is 0 Å². The van der Waals surface area contributed by atoms with Gasteiger partial charge in [-0.1, -0.05) is 0 Å². The number of nitrogens with zero attached hydrogens (tertiary/aromatic N) is 5. The summed E-state index contributed by atoms with van der Waals surface area (Å²) in [6, 6.07) is 0.283. The summed E-state index contributed by atoms with van der Waals surface area (Å²) in [5, 5.41) is 2.98. The van der Waals surface area contributed by atoms with Gasteiger partial charge in [-0.15, -0.1) is 0 Å². The van der Waals surface area contributed by atoms with Gasteiger partial charge in [-0.05, 0) is 25.8 Å². The van der Waals surface area contributed by atoms with E-state index in [1.807, 2.05) is 4.57 Å². The zero-order valence-electron chi connectivity index (χ0n) is 15.6. The van der Waals surface area contributed by atoms with Crippen molar-refractivity contribution in [1.82, 2.24) is 28.9 Å². The maximum absolute atomic E-state index is 12.4. The Morgan fingerprint density at radius 1 is 1.19 bits per heavy atom. The number of likely N-dealkylation sites (tertiary alicyclic amines) is 1. The minimum Gasteiger partial charge on any atom is -0.354 e. The topological polar surface area (TPSA) is 94.2 Å². The molecule has 142 valence electrons. The van der Waals surface area contributed by atoms with Crippen LogP contribution < -0.4 is 16.6 Å². The summed E-state index contributed by atoms with van der Waals surface area (Å²) in [4.78, 5) is 42.1. The summed E-state index contributed by atoms with van der Waals surface area (Å²) >= 11 is 0. The van der Waals surface area contributed by atoms with Gasteiger partial charge in [0.2, 0.25) is 5.91 Å². The van der Waals surface area contributed by atoms with Gasteiger partial charge in [0.15, 0.2) is 11.2 Å². The van der Waals surface area contributed by atoms with Crippen LogP contribution in [-0.2, 0) is 25.4 Å². The van der Waals surface area contributed by atoms with Gasteiger partial charge < -0.3 is 14.8 Å². The van der Waals surface area contributed by atoms with Gasteiger partial charge in [0, 0.05) is 46.7 Å². The maximum Gasteiger partial charge on any atom is 0.332 e. The Labute approximate surface area is 151 Å². The first kappa shape index (κ1) is 18.4. The summed E-state index contributed by atoms with van der Waals surface area (Å²) in [7, 11) is 3.11. The molecule has 0 aliphatic carbocycles. The lowest BCUT2D eigenvalue weighted by Gasteiger charge is -2.32. The number of hydrogen-bond acceptors (Lipinski definition) is 5. The molecular formula is C17H26N6O3. The average molecular weight is 362 g/mol. The molecule has 1 fully saturated rings. The highest BCUT2D eigenvalue weighted by atomic mass is 16.2. The third kappa shape index (κ3) is 3.57. The van der Waals surface area contributed by atoms with Crippen LogP contribution in [0.25, 0.3) is 11.2 Å². The Balaban J connectivity index is 1.61. The fourth-order valence-corrected chi connectivity index (χ4v) is 3.62. The second-order valence-corrected chi connectivity index (χ2v) is 6.99. The molecule has 26 heavy (non-hydrogen) atoms. The molecule has 0 radical (unpaired) electrons. The van der Waals surface area contributed by atoms with Gasteiger partial charge in [-0.3, -0.25) is 18.7 Å². The summed E-state index contributed by atoms with van der Waals surface area (Å²) in [5.41, 5.74) is 0.222. The van der Waals surface area contributed by atoms with Crippen LogP contribution in [0.4, 0.5) is 0 Å². The summed E-state index contributed by atoms with van der Waals surface area (Å²) in [6.45, 7) is 5.09. The van der Waals surface area contributed by atoms with Crippen molar-refractivity contribution in [2.45, 2.75) is 38.8 Å². The van der Waals surface area contributed by atoms with Crippen molar-refractivity contribution < 1.29 is 4.79 Å². The van der Waals surface area contributed by atoms with E-state index in [1.54, 1.807) is 20.3 Å². The highest BCUT2D eigenvalue weighted by Crippen LogP contribution is 2.12. The van der Waals surface area contributed by atoms with Gasteiger partial charge in [-0.25, -0.2) is 9.78 Å². The predicted octanol–water partition coefficient (Wildman–Crippen LogP) is -0.576. The molecule has 1 N–H and O–H groups in total. The van der Waals surface area contributed by atoms with Gasteiger partial charge in [0.05, 0.1) is 6.33 Å². The van der Waals surface area contributed by atoms with Crippen LogP contribution in [-0.4, -0.2) is 55.2 Å². The van der Waals surface area contributed by atoms with Crippen LogP contribution in [0.1, 0.15) is 26.2 Å². The smallest absolute Gasteiger partial charge is 0.332 e. The van der Waals surface area contributed by atoms with E-state index >= 15 is 0 Å². The number of nitrogens with one attached hydrogen (secondary N) is 1. The van der Waals surface area contributed by atoms with E-state index in [0.717, 1.165) is 43.5 Å². The van der Waals surface area contributed by atoms with Crippen molar-refractivity contribution in [3.63, 3.8) is 0 Å². The summed E-state index contributed by atoms with van der Waals surface area (Å²) in [6.07, 6.45) is 4.46. The number of aromatic nitrogens is 4. The van der Waals surface area contributed by atoms with Crippen LogP contribution in [0, 0.1) is 0 Å². The third-order valence-corrected chi connectivity index (χ3v) is 5.09. The molecule has 3 heterocycles. The molecule has 3 rings (SSSR count). The molecule has 0 unspecified atom stereocenters. The predicted molar refractivity (Wildman–Crippen MR) is 98.1 cm³/mol. The summed E-state index contributed by atoms with van der Waals surface area (Å²) in [5.74, 6) is 0.0337. The first-order valence-corrected chi connectivity index (χ1v) is 8.98. The quantitative estimate of drug-likeness (QED) is 0.768. The number of fused-ring (bicyclic) bond motifs is 1. The number of hydrogen-bond donors (Lipinski definition) is 1. The van der Waals surface area contributed by atoms with Crippen molar-refractivity contribution in [1.29, 1.82) is 0 Å². The van der Waals surface area contributed by atoms with Gasteiger partial charge >= 0.3 is 5.69 Å². The van der Waals surface area contributed by atoms with Gasteiger partial charge in [-0.2, -0.15) is 0 Å². The molecule has 0 spiro atoms. The van der Waals surface area contributed by atoms with Crippen LogP contribution in [0.2, 0.25) is 0 Å². The minimum absolute atomic E-state index is 0.0337. The van der Waals surface area contributed by atoms with Crippen molar-refractivity contribution >= 4 is 17.1 Å². The van der Waals surface area contributed by atoms with E-state index in [1.165, 1.54) is 11.6 Å². The fourth-order valence-electron chi connectivity index (χ4n) is 3.62. The number of piperidine rings is 1. The van der Waals surface area contributed by atoms with Gasteiger partial charge in [0.25, 0.3) is 5.56 Å². The summed E-state index contributed by atoms with van der Waals surface area (Å²) < 4.78 is 4.36. The molecule has 0 saturated carbocycles. The van der Waals surface area contributed by atoms with E-state index in [4.69, 9.17) is 0 Å². The van der Waals surface area contributed by atoms with Gasteiger partial charge in [0.1, 0.15) is 0 Å². The Bertz CT molecular complexity index is 917. The van der Waals surface area contributed by atoms with E-state index in [2.05, 4.69) is 15.2 Å². The molecule has 1 amide bonds. The molecule has 0 bridgehead atoms. The fraction of sp³-hybridized carbons (Fsp3) is 0.647. The van der Waals surface area contributed by atoms with E-state index in [0.29, 0.717) is 17.7 Å².